The molecular formula is C16H14BrN3. The van der Waals surface area contributed by atoms with Gasteiger partial charge in [-0.1, -0.05) is 18.2 Å². The molecule has 1 N–H and O–H groups in total. The van der Waals surface area contributed by atoms with E-state index in [9.17, 15) is 0 Å². The van der Waals surface area contributed by atoms with Crippen LogP contribution in [0.2, 0.25) is 0 Å². The van der Waals surface area contributed by atoms with Crippen LogP contribution in [-0.4, -0.2) is 9.97 Å². The lowest BCUT2D eigenvalue weighted by atomic mass is 10.1. The molecule has 0 aliphatic heterocycles. The van der Waals surface area contributed by atoms with Crippen molar-refractivity contribution in [3.8, 4) is 0 Å². The van der Waals surface area contributed by atoms with Gasteiger partial charge in [0.25, 0.3) is 0 Å². The Morgan fingerprint density at radius 1 is 1.10 bits per heavy atom. The van der Waals surface area contributed by atoms with E-state index >= 15 is 0 Å². The van der Waals surface area contributed by atoms with E-state index in [2.05, 4.69) is 43.3 Å². The molecule has 20 heavy (non-hydrogen) atoms. The summed E-state index contributed by atoms with van der Waals surface area (Å²) in [4.78, 5) is 8.99. The molecule has 0 saturated carbocycles. The molecule has 3 rings (SSSR count). The molecule has 4 heteroatoms. The molecule has 0 aliphatic carbocycles. The number of nitrogens with zero attached hydrogens (tertiary/aromatic N) is 2. The summed E-state index contributed by atoms with van der Waals surface area (Å²) in [5, 5.41) is 4.47. The standard InChI is InChI=1S/C16H14BrN3/c1-10-8-15(18-9-13(10)17)20-14-5-3-4-12-7-6-11(2)19-16(12)14/h3-9H,1-2H3,(H,18,20). The molecule has 0 unspecified atom stereocenters. The summed E-state index contributed by atoms with van der Waals surface area (Å²) >= 11 is 3.46. The third kappa shape index (κ3) is 2.51. The molecule has 2 heterocycles. The first-order valence-corrected chi connectivity index (χ1v) is 7.18. The van der Waals surface area contributed by atoms with Crippen molar-refractivity contribution in [3.05, 3.63) is 58.3 Å². The molecular weight excluding hydrogens is 314 g/mol. The monoisotopic (exact) mass is 327 g/mol. The Morgan fingerprint density at radius 3 is 2.75 bits per heavy atom. The van der Waals surface area contributed by atoms with Gasteiger partial charge in [-0.25, -0.2) is 4.98 Å². The zero-order valence-electron chi connectivity index (χ0n) is 11.3. The number of hydrogen-bond donors (Lipinski definition) is 1. The number of rotatable bonds is 2. The molecule has 3 aromatic rings. The predicted octanol–water partition coefficient (Wildman–Crippen LogP) is 4.75. The molecule has 0 spiro atoms. The maximum atomic E-state index is 4.61. The summed E-state index contributed by atoms with van der Waals surface area (Å²) in [7, 11) is 0. The predicted molar refractivity (Wildman–Crippen MR) is 86.4 cm³/mol. The lowest BCUT2D eigenvalue weighted by molar-refractivity contribution is 1.24. The summed E-state index contributed by atoms with van der Waals surface area (Å²) in [6, 6.07) is 12.2. The molecule has 3 nitrogen and oxygen atoms in total. The molecule has 1 aromatic carbocycles. The van der Waals surface area contributed by atoms with Crippen LogP contribution in [0.5, 0.6) is 0 Å². The van der Waals surface area contributed by atoms with E-state index in [0.29, 0.717) is 0 Å². The van der Waals surface area contributed by atoms with Gasteiger partial charge in [0.1, 0.15) is 5.82 Å². The summed E-state index contributed by atoms with van der Waals surface area (Å²) in [5.74, 6) is 0.821. The fourth-order valence-corrected chi connectivity index (χ4v) is 2.31. The van der Waals surface area contributed by atoms with Gasteiger partial charge >= 0.3 is 0 Å². The number of fused-ring (bicyclic) bond motifs is 1. The van der Waals surface area contributed by atoms with Gasteiger partial charge in [0.05, 0.1) is 11.2 Å². The van der Waals surface area contributed by atoms with Crippen LogP contribution < -0.4 is 5.32 Å². The Bertz CT molecular complexity index is 784. The number of aromatic nitrogens is 2. The maximum absolute atomic E-state index is 4.61. The highest BCUT2D eigenvalue weighted by Crippen LogP contribution is 2.26. The largest absolute Gasteiger partial charge is 0.338 e. The molecule has 0 aliphatic rings. The van der Waals surface area contributed by atoms with Gasteiger partial charge in [0, 0.05) is 21.7 Å². The zero-order chi connectivity index (χ0) is 14.1. The first-order chi connectivity index (χ1) is 9.63. The van der Waals surface area contributed by atoms with E-state index < -0.39 is 0 Å². The van der Waals surface area contributed by atoms with E-state index in [0.717, 1.165) is 38.1 Å². The lowest BCUT2D eigenvalue weighted by Gasteiger charge is -2.10. The minimum absolute atomic E-state index is 0.821. The van der Waals surface area contributed by atoms with Crippen LogP contribution in [0, 0.1) is 13.8 Å². The minimum Gasteiger partial charge on any atom is -0.338 e. The van der Waals surface area contributed by atoms with Crippen molar-refractivity contribution >= 4 is 38.3 Å². The van der Waals surface area contributed by atoms with Crippen LogP contribution in [0.3, 0.4) is 0 Å². The van der Waals surface area contributed by atoms with Crippen LogP contribution in [0.25, 0.3) is 10.9 Å². The van der Waals surface area contributed by atoms with E-state index in [1.807, 2.05) is 44.3 Å². The third-order valence-corrected chi connectivity index (χ3v) is 4.00. The summed E-state index contributed by atoms with van der Waals surface area (Å²) in [6.45, 7) is 4.04. The fraction of sp³-hybridized carbons (Fsp3) is 0.125. The van der Waals surface area contributed by atoms with Crippen molar-refractivity contribution in [2.45, 2.75) is 13.8 Å². The lowest BCUT2D eigenvalue weighted by Crippen LogP contribution is -1.96. The Balaban J connectivity index is 2.05. The van der Waals surface area contributed by atoms with Crippen molar-refractivity contribution in [2.75, 3.05) is 5.32 Å². The molecule has 0 fully saturated rings. The first-order valence-electron chi connectivity index (χ1n) is 6.39. The normalized spacial score (nSPS) is 10.8. The molecule has 0 radical (unpaired) electrons. The number of anilines is 2. The highest BCUT2D eigenvalue weighted by atomic mass is 79.9. The molecule has 0 bridgehead atoms. The number of halogens is 1. The van der Waals surface area contributed by atoms with Gasteiger partial charge in [-0.15, -0.1) is 0 Å². The van der Waals surface area contributed by atoms with E-state index in [1.165, 1.54) is 0 Å². The topological polar surface area (TPSA) is 37.8 Å². The summed E-state index contributed by atoms with van der Waals surface area (Å²) in [5.41, 5.74) is 4.09. The molecule has 0 amide bonds. The third-order valence-electron chi connectivity index (χ3n) is 3.17. The Kier molecular flexibility index (Phi) is 3.40. The number of nitrogens with one attached hydrogen (secondary N) is 1. The van der Waals surface area contributed by atoms with Crippen molar-refractivity contribution in [1.82, 2.24) is 9.97 Å². The first kappa shape index (κ1) is 13.1. The second-order valence-electron chi connectivity index (χ2n) is 4.77. The van der Waals surface area contributed by atoms with Crippen molar-refractivity contribution < 1.29 is 0 Å². The second kappa shape index (κ2) is 5.21. The van der Waals surface area contributed by atoms with E-state index in [-0.39, 0.29) is 0 Å². The number of benzene rings is 1. The Morgan fingerprint density at radius 2 is 1.95 bits per heavy atom. The number of aryl methyl sites for hydroxylation is 2. The van der Waals surface area contributed by atoms with Crippen LogP contribution >= 0.6 is 15.9 Å². The van der Waals surface area contributed by atoms with Crippen LogP contribution in [0.1, 0.15) is 11.3 Å². The smallest absolute Gasteiger partial charge is 0.130 e. The van der Waals surface area contributed by atoms with Crippen molar-refractivity contribution in [3.63, 3.8) is 0 Å². The molecule has 100 valence electrons. The highest BCUT2D eigenvalue weighted by Gasteiger charge is 2.05. The van der Waals surface area contributed by atoms with Crippen LogP contribution in [0.15, 0.2) is 47.1 Å². The quantitative estimate of drug-likeness (QED) is 0.737. The SMILES string of the molecule is Cc1ccc2cccc(Nc3cc(C)c(Br)cn3)c2n1. The number of para-hydroxylation sites is 1. The Labute approximate surface area is 126 Å². The highest BCUT2D eigenvalue weighted by molar-refractivity contribution is 9.10. The number of pyridine rings is 2. The van der Waals surface area contributed by atoms with E-state index in [4.69, 9.17) is 0 Å². The molecule has 0 atom stereocenters. The summed E-state index contributed by atoms with van der Waals surface area (Å²) in [6.07, 6.45) is 1.81. The molecule has 2 aromatic heterocycles. The van der Waals surface area contributed by atoms with Crippen LogP contribution in [-0.2, 0) is 0 Å². The van der Waals surface area contributed by atoms with Gasteiger partial charge in [-0.3, -0.25) is 4.98 Å². The van der Waals surface area contributed by atoms with Gasteiger partial charge in [-0.05, 0) is 53.5 Å². The van der Waals surface area contributed by atoms with Crippen molar-refractivity contribution in [1.29, 1.82) is 0 Å². The van der Waals surface area contributed by atoms with Gasteiger partial charge in [-0.2, -0.15) is 0 Å². The minimum atomic E-state index is 0.821. The van der Waals surface area contributed by atoms with Crippen molar-refractivity contribution in [2.24, 2.45) is 0 Å². The van der Waals surface area contributed by atoms with Gasteiger partial charge in [0.15, 0.2) is 0 Å². The van der Waals surface area contributed by atoms with Gasteiger partial charge < -0.3 is 5.32 Å². The average molecular weight is 328 g/mol. The van der Waals surface area contributed by atoms with Gasteiger partial charge in [0.2, 0.25) is 0 Å². The van der Waals surface area contributed by atoms with E-state index in [1.54, 1.807) is 0 Å². The average Bonchev–Trinajstić information content (AvgIpc) is 2.44. The fourth-order valence-electron chi connectivity index (χ4n) is 2.09. The molecule has 0 saturated heterocycles. The second-order valence-corrected chi connectivity index (χ2v) is 5.63. The zero-order valence-corrected chi connectivity index (χ0v) is 12.9. The Hall–Kier alpha value is -1.94. The number of hydrogen-bond acceptors (Lipinski definition) is 3. The summed E-state index contributed by atoms with van der Waals surface area (Å²) < 4.78 is 1.01. The maximum Gasteiger partial charge on any atom is 0.130 e. The van der Waals surface area contributed by atoms with Crippen LogP contribution in [0.4, 0.5) is 11.5 Å².